The van der Waals surface area contributed by atoms with E-state index in [9.17, 15) is 4.79 Å². The quantitative estimate of drug-likeness (QED) is 0.808. The van der Waals surface area contributed by atoms with E-state index >= 15 is 0 Å². The minimum absolute atomic E-state index is 0. The molecule has 1 heterocycles. The Labute approximate surface area is 138 Å². The highest BCUT2D eigenvalue weighted by Crippen LogP contribution is 2.27. The highest BCUT2D eigenvalue weighted by molar-refractivity contribution is 7.98. The first-order valence-corrected chi connectivity index (χ1v) is 8.56. The lowest BCUT2D eigenvalue weighted by Gasteiger charge is -2.28. The molecular formula is C16H25ClN2OS. The summed E-state index contributed by atoms with van der Waals surface area (Å²) in [5, 5.41) is 6.43. The second kappa shape index (κ2) is 9.34. The summed E-state index contributed by atoms with van der Waals surface area (Å²) >= 11 is 1.66. The smallest absolute Gasteiger partial charge is 0.224 e. The number of anilines is 1. The zero-order valence-corrected chi connectivity index (χ0v) is 14.4. The molecule has 1 amide bonds. The van der Waals surface area contributed by atoms with E-state index in [2.05, 4.69) is 17.6 Å². The fourth-order valence-electron chi connectivity index (χ4n) is 2.82. The van der Waals surface area contributed by atoms with Crippen molar-refractivity contribution in [2.45, 2.75) is 31.1 Å². The monoisotopic (exact) mass is 328 g/mol. The van der Waals surface area contributed by atoms with E-state index in [4.69, 9.17) is 0 Å². The van der Waals surface area contributed by atoms with Crippen LogP contribution >= 0.6 is 24.2 Å². The van der Waals surface area contributed by atoms with Gasteiger partial charge in [0.25, 0.3) is 0 Å². The average Bonchev–Trinajstić information content (AvgIpc) is 2.48. The van der Waals surface area contributed by atoms with Crippen LogP contribution in [-0.2, 0) is 4.79 Å². The molecule has 1 aromatic rings. The van der Waals surface area contributed by atoms with Gasteiger partial charge in [-0.2, -0.15) is 0 Å². The van der Waals surface area contributed by atoms with Gasteiger partial charge in [0.15, 0.2) is 0 Å². The molecule has 1 fully saturated rings. The van der Waals surface area contributed by atoms with Crippen molar-refractivity contribution in [3.8, 4) is 0 Å². The van der Waals surface area contributed by atoms with Gasteiger partial charge in [-0.05, 0) is 56.2 Å². The second-order valence-corrected chi connectivity index (χ2v) is 6.37. The van der Waals surface area contributed by atoms with E-state index in [1.807, 2.05) is 30.5 Å². The van der Waals surface area contributed by atoms with E-state index in [0.717, 1.165) is 23.7 Å². The number of para-hydroxylation sites is 1. The molecule has 1 saturated heterocycles. The molecule has 0 aliphatic carbocycles. The zero-order chi connectivity index (χ0) is 14.4. The SMILES string of the molecule is CSc1ccccc1NC(=O)CC(C)C1CCNCC1.Cl. The molecule has 0 aromatic heterocycles. The number of amides is 1. The Morgan fingerprint density at radius 2 is 2.05 bits per heavy atom. The Hall–Kier alpha value is -0.710. The van der Waals surface area contributed by atoms with Gasteiger partial charge >= 0.3 is 0 Å². The molecule has 5 heteroatoms. The number of piperidine rings is 1. The maximum absolute atomic E-state index is 12.2. The summed E-state index contributed by atoms with van der Waals surface area (Å²) in [6.07, 6.45) is 5.03. The van der Waals surface area contributed by atoms with E-state index in [1.54, 1.807) is 11.8 Å². The van der Waals surface area contributed by atoms with Crippen LogP contribution in [0.25, 0.3) is 0 Å². The fourth-order valence-corrected chi connectivity index (χ4v) is 3.38. The van der Waals surface area contributed by atoms with Gasteiger partial charge in [-0.3, -0.25) is 4.79 Å². The van der Waals surface area contributed by atoms with Crippen molar-refractivity contribution in [1.82, 2.24) is 5.32 Å². The standard InChI is InChI=1S/C16H24N2OS.ClH/c1-12(13-7-9-17-10-8-13)11-16(19)18-14-5-3-4-6-15(14)20-2;/h3-6,12-13,17H,7-11H2,1-2H3,(H,18,19);1H. The number of hydrogen-bond acceptors (Lipinski definition) is 3. The van der Waals surface area contributed by atoms with Crippen molar-refractivity contribution in [3.63, 3.8) is 0 Å². The largest absolute Gasteiger partial charge is 0.325 e. The van der Waals surface area contributed by atoms with Crippen LogP contribution in [-0.4, -0.2) is 25.3 Å². The number of nitrogens with one attached hydrogen (secondary N) is 2. The molecule has 21 heavy (non-hydrogen) atoms. The molecule has 1 aliphatic heterocycles. The normalized spacial score (nSPS) is 16.9. The third kappa shape index (κ3) is 5.53. The molecule has 2 N–H and O–H groups in total. The maximum Gasteiger partial charge on any atom is 0.224 e. The highest BCUT2D eigenvalue weighted by Gasteiger charge is 2.22. The molecule has 1 unspecified atom stereocenters. The van der Waals surface area contributed by atoms with Gasteiger partial charge in [0.05, 0.1) is 5.69 Å². The number of carbonyl (C=O) groups is 1. The number of thioether (sulfide) groups is 1. The Morgan fingerprint density at radius 1 is 1.38 bits per heavy atom. The van der Waals surface area contributed by atoms with E-state index in [1.165, 1.54) is 12.8 Å². The van der Waals surface area contributed by atoms with Crippen molar-refractivity contribution < 1.29 is 4.79 Å². The van der Waals surface area contributed by atoms with Crippen LogP contribution in [0.5, 0.6) is 0 Å². The molecular weight excluding hydrogens is 304 g/mol. The van der Waals surface area contributed by atoms with E-state index in [0.29, 0.717) is 18.3 Å². The molecule has 1 atom stereocenters. The molecule has 1 aromatic carbocycles. The molecule has 3 nitrogen and oxygen atoms in total. The Kier molecular flexibility index (Phi) is 8.15. The van der Waals surface area contributed by atoms with Gasteiger partial charge in [-0.1, -0.05) is 19.1 Å². The summed E-state index contributed by atoms with van der Waals surface area (Å²) in [6, 6.07) is 7.97. The lowest BCUT2D eigenvalue weighted by molar-refractivity contribution is -0.117. The highest BCUT2D eigenvalue weighted by atomic mass is 35.5. The van der Waals surface area contributed by atoms with Crippen LogP contribution in [0.3, 0.4) is 0 Å². The lowest BCUT2D eigenvalue weighted by atomic mass is 9.84. The number of carbonyl (C=O) groups excluding carboxylic acids is 1. The molecule has 2 rings (SSSR count). The predicted octanol–water partition coefficient (Wildman–Crippen LogP) is 3.79. The number of hydrogen-bond donors (Lipinski definition) is 2. The van der Waals surface area contributed by atoms with Gasteiger partial charge in [-0.15, -0.1) is 24.2 Å². The number of benzene rings is 1. The Morgan fingerprint density at radius 3 is 2.71 bits per heavy atom. The molecule has 1 aliphatic rings. The van der Waals surface area contributed by atoms with Gasteiger partial charge in [0, 0.05) is 11.3 Å². The van der Waals surface area contributed by atoms with Gasteiger partial charge < -0.3 is 10.6 Å². The van der Waals surface area contributed by atoms with Crippen LogP contribution in [0, 0.1) is 11.8 Å². The summed E-state index contributed by atoms with van der Waals surface area (Å²) in [5.74, 6) is 1.27. The minimum Gasteiger partial charge on any atom is -0.325 e. The Balaban J connectivity index is 0.00000220. The van der Waals surface area contributed by atoms with Crippen LogP contribution < -0.4 is 10.6 Å². The summed E-state index contributed by atoms with van der Waals surface area (Å²) in [4.78, 5) is 13.3. The summed E-state index contributed by atoms with van der Waals surface area (Å²) in [6.45, 7) is 4.38. The summed E-state index contributed by atoms with van der Waals surface area (Å²) in [7, 11) is 0. The van der Waals surface area contributed by atoms with Crippen LogP contribution in [0.15, 0.2) is 29.2 Å². The topological polar surface area (TPSA) is 41.1 Å². The minimum atomic E-state index is 0. The summed E-state index contributed by atoms with van der Waals surface area (Å²) in [5.41, 5.74) is 0.933. The molecule has 0 radical (unpaired) electrons. The number of rotatable bonds is 5. The predicted molar refractivity (Wildman–Crippen MR) is 93.5 cm³/mol. The van der Waals surface area contributed by atoms with Crippen molar-refractivity contribution in [1.29, 1.82) is 0 Å². The average molecular weight is 329 g/mol. The third-order valence-electron chi connectivity index (χ3n) is 4.08. The third-order valence-corrected chi connectivity index (χ3v) is 4.87. The fraction of sp³-hybridized carbons (Fsp3) is 0.562. The van der Waals surface area contributed by atoms with E-state index in [-0.39, 0.29) is 18.3 Å². The zero-order valence-electron chi connectivity index (χ0n) is 12.7. The molecule has 118 valence electrons. The first kappa shape index (κ1) is 18.3. The lowest BCUT2D eigenvalue weighted by Crippen LogP contribution is -2.32. The molecule has 0 spiro atoms. The van der Waals surface area contributed by atoms with Crippen LogP contribution in [0.4, 0.5) is 5.69 Å². The van der Waals surface area contributed by atoms with Gasteiger partial charge in [-0.25, -0.2) is 0 Å². The first-order chi connectivity index (χ1) is 9.70. The Bertz CT molecular complexity index is 450. The van der Waals surface area contributed by atoms with Crippen molar-refractivity contribution in [3.05, 3.63) is 24.3 Å². The number of halogens is 1. The van der Waals surface area contributed by atoms with Crippen molar-refractivity contribution in [2.24, 2.45) is 11.8 Å². The molecule has 0 bridgehead atoms. The van der Waals surface area contributed by atoms with Gasteiger partial charge in [0.1, 0.15) is 0 Å². The molecule has 0 saturated carbocycles. The van der Waals surface area contributed by atoms with Crippen LogP contribution in [0.2, 0.25) is 0 Å². The van der Waals surface area contributed by atoms with Crippen LogP contribution in [0.1, 0.15) is 26.2 Å². The second-order valence-electron chi connectivity index (χ2n) is 5.52. The van der Waals surface area contributed by atoms with Crippen molar-refractivity contribution in [2.75, 3.05) is 24.7 Å². The van der Waals surface area contributed by atoms with Crippen molar-refractivity contribution >= 4 is 35.8 Å². The van der Waals surface area contributed by atoms with Gasteiger partial charge in [0.2, 0.25) is 5.91 Å². The van der Waals surface area contributed by atoms with E-state index < -0.39 is 0 Å². The maximum atomic E-state index is 12.2. The summed E-state index contributed by atoms with van der Waals surface area (Å²) < 4.78 is 0. The first-order valence-electron chi connectivity index (χ1n) is 7.34.